The fourth-order valence-electron chi connectivity index (χ4n) is 8.24. The summed E-state index contributed by atoms with van der Waals surface area (Å²) in [6.45, 7) is 2.33. The number of esters is 1. The van der Waals surface area contributed by atoms with Crippen LogP contribution in [0.15, 0.2) is 82.6 Å². The van der Waals surface area contributed by atoms with Crippen LogP contribution < -0.4 is 14.5 Å². The first-order valence-corrected chi connectivity index (χ1v) is 17.4. The number of aromatic nitrogens is 1. The van der Waals surface area contributed by atoms with Gasteiger partial charge in [-0.05, 0) is 79.1 Å². The van der Waals surface area contributed by atoms with Crippen molar-refractivity contribution in [2.45, 2.75) is 36.1 Å². The maximum Gasteiger partial charge on any atom is 0.338 e. The molecule has 234 valence electrons. The molecule has 7 atom stereocenters. The van der Waals surface area contributed by atoms with E-state index in [0.29, 0.717) is 22.9 Å². The van der Waals surface area contributed by atoms with Crippen molar-refractivity contribution in [1.82, 2.24) is 4.98 Å². The average Bonchev–Trinajstić information content (AvgIpc) is 3.79. The molecule has 2 bridgehead atoms. The number of anilines is 1. The van der Waals surface area contributed by atoms with E-state index in [9.17, 15) is 19.2 Å². The zero-order valence-electron chi connectivity index (χ0n) is 24.7. The molecule has 3 heterocycles. The zero-order valence-corrected chi connectivity index (χ0v) is 27.1. The molecule has 2 aliphatic heterocycles. The molecule has 4 aliphatic rings. The first kappa shape index (κ1) is 29.5. The second-order valence-electron chi connectivity index (χ2n) is 12.2. The highest BCUT2D eigenvalue weighted by Gasteiger charge is 2.69. The Balaban J connectivity index is 1.14. The minimum atomic E-state index is -0.447. The molecule has 4 aromatic rings. The zero-order chi connectivity index (χ0) is 31.7. The highest BCUT2D eigenvalue weighted by atomic mass is 35.5. The van der Waals surface area contributed by atoms with Gasteiger partial charge in [0, 0.05) is 26.6 Å². The predicted molar refractivity (Wildman–Crippen MR) is 176 cm³/mol. The van der Waals surface area contributed by atoms with E-state index in [4.69, 9.17) is 21.1 Å². The fraction of sp³-hybridized carbons (Fsp3) is 0.314. The Bertz CT molecular complexity index is 1940. The van der Waals surface area contributed by atoms with E-state index >= 15 is 0 Å². The van der Waals surface area contributed by atoms with Crippen molar-refractivity contribution in [3.8, 4) is 5.75 Å². The van der Waals surface area contributed by atoms with Crippen molar-refractivity contribution in [2.24, 2.45) is 29.6 Å². The van der Waals surface area contributed by atoms with E-state index in [2.05, 4.69) is 11.1 Å². The molecular formula is C35H29ClN2O6S2. The molecule has 8 rings (SSSR count). The Morgan fingerprint density at radius 3 is 2.50 bits per heavy atom. The quantitative estimate of drug-likeness (QED) is 0.176. The molecule has 5 unspecified atom stereocenters. The fourth-order valence-corrected chi connectivity index (χ4v) is 11.3. The molecule has 11 heteroatoms. The van der Waals surface area contributed by atoms with Crippen LogP contribution >= 0.6 is 34.7 Å². The second-order valence-corrected chi connectivity index (χ2v) is 14.8. The van der Waals surface area contributed by atoms with Gasteiger partial charge < -0.3 is 14.5 Å². The number of hydrogen-bond donors (Lipinski definition) is 1. The molecule has 3 fully saturated rings. The average molecular weight is 673 g/mol. The third-order valence-corrected chi connectivity index (χ3v) is 12.7. The second kappa shape index (κ2) is 11.4. The number of nitrogens with zero attached hydrogens (tertiary/aromatic N) is 1. The number of rotatable bonds is 7. The molecule has 2 amide bonds. The molecular weight excluding hydrogens is 644 g/mol. The lowest BCUT2D eigenvalue weighted by Crippen LogP contribution is -2.42. The number of thioether (sulfide) groups is 1. The highest BCUT2D eigenvalue weighted by molar-refractivity contribution is 8.00. The summed E-state index contributed by atoms with van der Waals surface area (Å²) in [6.07, 6.45) is 0.784. The van der Waals surface area contributed by atoms with E-state index < -0.39 is 17.8 Å². The van der Waals surface area contributed by atoms with Crippen LogP contribution in [-0.4, -0.2) is 34.6 Å². The van der Waals surface area contributed by atoms with Gasteiger partial charge in [0.15, 0.2) is 0 Å². The lowest BCUT2D eigenvalue weighted by atomic mass is 9.68. The van der Waals surface area contributed by atoms with Gasteiger partial charge in [-0.25, -0.2) is 4.79 Å². The summed E-state index contributed by atoms with van der Waals surface area (Å²) in [4.78, 5) is 58.3. The van der Waals surface area contributed by atoms with E-state index in [0.717, 1.165) is 33.2 Å². The van der Waals surface area contributed by atoms with Crippen LogP contribution in [0.25, 0.3) is 0 Å². The number of imide groups is 1. The number of halogens is 1. The number of fused-ring (bicyclic) bond motifs is 9. The predicted octanol–water partition coefficient (Wildman–Crippen LogP) is 6.52. The van der Waals surface area contributed by atoms with Gasteiger partial charge in [-0.2, -0.15) is 0 Å². The third kappa shape index (κ3) is 4.64. The van der Waals surface area contributed by atoms with Gasteiger partial charge in [-0.15, -0.1) is 11.8 Å². The minimum absolute atomic E-state index is 0.0103. The first-order valence-electron chi connectivity index (χ1n) is 15.3. The number of hydrogen-bond acceptors (Lipinski definition) is 8. The molecule has 1 saturated heterocycles. The molecule has 8 nitrogen and oxygen atoms in total. The van der Waals surface area contributed by atoms with Crippen LogP contribution in [0.3, 0.4) is 0 Å². The van der Waals surface area contributed by atoms with E-state index in [1.807, 2.05) is 42.5 Å². The first-order chi connectivity index (χ1) is 22.3. The number of H-pyrrole nitrogens is 1. The van der Waals surface area contributed by atoms with Gasteiger partial charge in [0.25, 0.3) is 0 Å². The van der Waals surface area contributed by atoms with Crippen LogP contribution in [0.4, 0.5) is 5.69 Å². The number of nitrogens with one attached hydrogen (secondary N) is 1. The monoisotopic (exact) mass is 672 g/mol. The third-order valence-electron chi connectivity index (χ3n) is 9.90. The van der Waals surface area contributed by atoms with Gasteiger partial charge in [-0.1, -0.05) is 53.3 Å². The van der Waals surface area contributed by atoms with Crippen LogP contribution in [0, 0.1) is 29.6 Å². The van der Waals surface area contributed by atoms with Gasteiger partial charge in [0.2, 0.25) is 11.8 Å². The number of carbonyl (C=O) groups is 3. The van der Waals surface area contributed by atoms with Gasteiger partial charge in [-0.3, -0.25) is 19.3 Å². The van der Waals surface area contributed by atoms with Gasteiger partial charge in [0.05, 0.1) is 34.7 Å². The Morgan fingerprint density at radius 1 is 0.978 bits per heavy atom. The van der Waals surface area contributed by atoms with Crippen molar-refractivity contribution in [2.75, 3.05) is 11.5 Å². The number of aromatic amines is 1. The smallest absolute Gasteiger partial charge is 0.338 e. The number of thiazole rings is 1. The Morgan fingerprint density at radius 2 is 1.74 bits per heavy atom. The molecule has 3 aromatic carbocycles. The molecule has 0 radical (unpaired) electrons. The van der Waals surface area contributed by atoms with E-state index in [1.54, 1.807) is 43.0 Å². The summed E-state index contributed by atoms with van der Waals surface area (Å²) in [7, 11) is 0. The summed E-state index contributed by atoms with van der Waals surface area (Å²) in [6, 6.07) is 22.0. The largest absolute Gasteiger partial charge is 0.489 e. The number of benzene rings is 3. The summed E-state index contributed by atoms with van der Waals surface area (Å²) in [5.74, 6) is -1.14. The lowest BCUT2D eigenvalue weighted by molar-refractivity contribution is -0.123. The summed E-state index contributed by atoms with van der Waals surface area (Å²) >= 11 is 9.09. The van der Waals surface area contributed by atoms with Crippen molar-refractivity contribution in [3.63, 3.8) is 0 Å². The van der Waals surface area contributed by atoms with Crippen molar-refractivity contribution in [3.05, 3.63) is 109 Å². The topological polar surface area (TPSA) is 106 Å². The number of amides is 2. The molecule has 1 N–H and O–H groups in total. The molecule has 2 saturated carbocycles. The van der Waals surface area contributed by atoms with Gasteiger partial charge in [0.1, 0.15) is 12.4 Å². The van der Waals surface area contributed by atoms with Crippen molar-refractivity contribution < 1.29 is 23.9 Å². The standard InChI is InChI=1S/C35H29ClN2O6S2/c1-2-43-34(41)18-10-12-20(13-11-18)38-32(39)27-22-15-23(28(27)33(38)40)29-26(22)25(30-31(45-29)37-35(42)46-30)21-8-3-4-9-24(21)44-16-17-6-5-7-19(36)14-17/h3-14,22-23,25-29H,2,15-16H2,1H3,(H,37,42)/t22-,23-,25?,26?,27?,28?,29?/m1/s1. The molecule has 46 heavy (non-hydrogen) atoms. The minimum Gasteiger partial charge on any atom is -0.489 e. The van der Waals surface area contributed by atoms with Crippen LogP contribution in [0.5, 0.6) is 5.75 Å². The maximum atomic E-state index is 14.1. The molecule has 2 aliphatic carbocycles. The Hall–Kier alpha value is -3.86. The van der Waals surface area contributed by atoms with Crippen molar-refractivity contribution in [1.29, 1.82) is 0 Å². The number of para-hydroxylation sites is 1. The van der Waals surface area contributed by atoms with Crippen LogP contribution in [0.2, 0.25) is 5.02 Å². The molecule has 1 aromatic heterocycles. The summed E-state index contributed by atoms with van der Waals surface area (Å²) in [5, 5.41) is 1.54. The highest BCUT2D eigenvalue weighted by Crippen LogP contribution is 2.69. The normalized spacial score (nSPS) is 27.3. The molecule has 0 spiro atoms. The Kier molecular flexibility index (Phi) is 7.34. The van der Waals surface area contributed by atoms with E-state index in [-0.39, 0.29) is 52.2 Å². The Labute approximate surface area is 278 Å². The SMILES string of the molecule is CCOC(=O)c1ccc(N2C(=O)C3C(C2=O)[C@@H]2C[C@H]3C3Sc4[nH]c(=O)sc4C(c4ccccc4OCc4cccc(Cl)c4)C32)cc1. The van der Waals surface area contributed by atoms with E-state index in [1.165, 1.54) is 16.2 Å². The lowest BCUT2D eigenvalue weighted by Gasteiger charge is -2.43. The van der Waals surface area contributed by atoms with Gasteiger partial charge >= 0.3 is 10.8 Å². The summed E-state index contributed by atoms with van der Waals surface area (Å²) in [5.41, 5.74) is 2.75. The maximum absolute atomic E-state index is 14.1. The van der Waals surface area contributed by atoms with Crippen LogP contribution in [-0.2, 0) is 20.9 Å². The summed E-state index contributed by atoms with van der Waals surface area (Å²) < 4.78 is 11.5. The van der Waals surface area contributed by atoms with Crippen LogP contribution in [0.1, 0.15) is 45.6 Å². The number of carbonyl (C=O) groups excluding carboxylic acids is 3. The van der Waals surface area contributed by atoms with Crippen molar-refractivity contribution >= 4 is 58.2 Å². The number of ether oxygens (including phenoxy) is 2.